The largest absolute Gasteiger partial charge is 0.348 e. The second-order valence-electron chi connectivity index (χ2n) is 7.48. The molecule has 2 aliphatic rings. The highest BCUT2D eigenvalue weighted by Crippen LogP contribution is 2.50. The Bertz CT molecular complexity index is 398. The second kappa shape index (κ2) is 8.88. The SMILES string of the molecule is C=C(C)[C@H]1CC[C@H](COSI)[C@](C)(CCC2(CC)OCCO2)C1. The van der Waals surface area contributed by atoms with Crippen molar-refractivity contribution in [2.24, 2.45) is 17.3 Å². The molecular weight excluding hydrogens is 423 g/mol. The van der Waals surface area contributed by atoms with Crippen molar-refractivity contribution in [2.75, 3.05) is 19.8 Å². The number of rotatable bonds is 8. The van der Waals surface area contributed by atoms with E-state index in [1.54, 1.807) is 0 Å². The summed E-state index contributed by atoms with van der Waals surface area (Å²) >= 11 is 2.21. The van der Waals surface area contributed by atoms with Crippen LogP contribution in [0.3, 0.4) is 0 Å². The maximum Gasteiger partial charge on any atom is 0.168 e. The Morgan fingerprint density at radius 1 is 1.30 bits per heavy atom. The van der Waals surface area contributed by atoms with Crippen LogP contribution in [0.15, 0.2) is 12.2 Å². The predicted molar refractivity (Wildman–Crippen MR) is 105 cm³/mol. The molecule has 1 saturated carbocycles. The van der Waals surface area contributed by atoms with Gasteiger partial charge >= 0.3 is 0 Å². The average molecular weight is 454 g/mol. The Balaban J connectivity index is 2.05. The van der Waals surface area contributed by atoms with Crippen LogP contribution in [0.5, 0.6) is 0 Å². The summed E-state index contributed by atoms with van der Waals surface area (Å²) in [5.74, 6) is 0.907. The van der Waals surface area contributed by atoms with Crippen molar-refractivity contribution in [3.63, 3.8) is 0 Å². The summed E-state index contributed by atoms with van der Waals surface area (Å²) in [4.78, 5) is 0. The van der Waals surface area contributed by atoms with E-state index in [1.165, 1.54) is 34.0 Å². The zero-order chi connectivity index (χ0) is 16.9. The van der Waals surface area contributed by atoms with Gasteiger partial charge in [0.1, 0.15) is 0 Å². The van der Waals surface area contributed by atoms with E-state index in [1.807, 2.05) is 0 Å². The van der Waals surface area contributed by atoms with E-state index in [4.69, 9.17) is 13.7 Å². The van der Waals surface area contributed by atoms with Crippen molar-refractivity contribution < 1.29 is 13.7 Å². The maximum atomic E-state index is 5.94. The molecule has 5 heteroatoms. The lowest BCUT2D eigenvalue weighted by atomic mass is 9.61. The van der Waals surface area contributed by atoms with Crippen molar-refractivity contribution in [3.8, 4) is 0 Å². The third-order valence-corrected chi connectivity index (χ3v) is 6.99. The fraction of sp³-hybridized carbons (Fsp3) is 0.889. The molecule has 3 nitrogen and oxygen atoms in total. The van der Waals surface area contributed by atoms with Crippen molar-refractivity contribution in [1.29, 1.82) is 0 Å². The Morgan fingerprint density at radius 2 is 2.00 bits per heavy atom. The smallest absolute Gasteiger partial charge is 0.168 e. The van der Waals surface area contributed by atoms with Gasteiger partial charge in [0.05, 0.1) is 29.0 Å². The van der Waals surface area contributed by atoms with Crippen molar-refractivity contribution in [2.45, 2.75) is 65.1 Å². The first-order chi connectivity index (χ1) is 10.9. The number of hydrogen-bond donors (Lipinski definition) is 0. The Morgan fingerprint density at radius 3 is 2.57 bits per heavy atom. The molecule has 0 spiro atoms. The molecule has 0 aromatic carbocycles. The monoisotopic (exact) mass is 454 g/mol. The highest BCUT2D eigenvalue weighted by Gasteiger charge is 2.43. The van der Waals surface area contributed by atoms with E-state index >= 15 is 0 Å². The van der Waals surface area contributed by atoms with Crippen LogP contribution in [0.25, 0.3) is 0 Å². The van der Waals surface area contributed by atoms with E-state index in [-0.39, 0.29) is 11.2 Å². The lowest BCUT2D eigenvalue weighted by Crippen LogP contribution is -2.40. The van der Waals surface area contributed by atoms with Crippen LogP contribution in [-0.2, 0) is 13.7 Å². The molecule has 1 heterocycles. The van der Waals surface area contributed by atoms with Crippen LogP contribution in [0, 0.1) is 17.3 Å². The number of hydrogen-bond acceptors (Lipinski definition) is 4. The van der Waals surface area contributed by atoms with Gasteiger partial charge in [0.25, 0.3) is 0 Å². The molecule has 2 rings (SSSR count). The van der Waals surface area contributed by atoms with E-state index in [9.17, 15) is 0 Å². The molecule has 23 heavy (non-hydrogen) atoms. The standard InChI is InChI=1S/C18H31IO3S/c1-5-18(20-10-11-21-18)9-8-17(4)12-15(14(2)3)6-7-16(17)13-22-23-19/h15-16H,2,5-13H2,1,3-4H3/t15-,16+,17+/m0/s1. The number of allylic oxidation sites excluding steroid dienone is 1. The average Bonchev–Trinajstić information content (AvgIpc) is 3.01. The molecule has 0 bridgehead atoms. The van der Waals surface area contributed by atoms with E-state index < -0.39 is 0 Å². The Hall–Kier alpha value is 0.700. The molecule has 3 atom stereocenters. The highest BCUT2D eigenvalue weighted by molar-refractivity contribution is 14.2. The summed E-state index contributed by atoms with van der Waals surface area (Å²) in [6.07, 6.45) is 6.73. The number of halogens is 1. The van der Waals surface area contributed by atoms with Gasteiger partial charge in [-0.25, -0.2) is 0 Å². The van der Waals surface area contributed by atoms with Crippen molar-refractivity contribution in [3.05, 3.63) is 12.2 Å². The fourth-order valence-electron chi connectivity index (χ4n) is 4.20. The molecule has 0 unspecified atom stereocenters. The van der Waals surface area contributed by atoms with Gasteiger partial charge in [-0.15, -0.1) is 0 Å². The minimum atomic E-state index is -0.345. The Labute approximate surface area is 158 Å². The molecule has 134 valence electrons. The second-order valence-corrected chi connectivity index (χ2v) is 8.92. The first-order valence-corrected chi connectivity index (χ1v) is 12.1. The summed E-state index contributed by atoms with van der Waals surface area (Å²) in [7, 11) is 1.45. The molecule has 1 aliphatic carbocycles. The van der Waals surface area contributed by atoms with Crippen LogP contribution in [0.1, 0.15) is 59.3 Å². The van der Waals surface area contributed by atoms with Gasteiger partial charge in [-0.05, 0) is 56.3 Å². The quantitative estimate of drug-likeness (QED) is 0.258. The molecule has 0 aromatic heterocycles. The molecule has 1 saturated heterocycles. The zero-order valence-corrected chi connectivity index (χ0v) is 17.7. The summed E-state index contributed by atoms with van der Waals surface area (Å²) in [5.41, 5.74) is 1.60. The van der Waals surface area contributed by atoms with Crippen molar-refractivity contribution in [1.82, 2.24) is 0 Å². The van der Waals surface area contributed by atoms with Gasteiger partial charge in [-0.1, -0.05) is 26.0 Å². The van der Waals surface area contributed by atoms with Gasteiger partial charge in [0.2, 0.25) is 0 Å². The van der Waals surface area contributed by atoms with Crippen molar-refractivity contribution >= 4 is 30.4 Å². The summed E-state index contributed by atoms with van der Waals surface area (Å²) in [6, 6.07) is 0. The van der Waals surface area contributed by atoms with Crippen LogP contribution in [0.4, 0.5) is 0 Å². The zero-order valence-electron chi connectivity index (χ0n) is 14.7. The first kappa shape index (κ1) is 20.0. The van der Waals surface area contributed by atoms with Gasteiger partial charge in [-0.2, -0.15) is 0 Å². The Kier molecular flexibility index (Phi) is 7.73. The molecule has 0 radical (unpaired) electrons. The van der Waals surface area contributed by atoms with Gasteiger partial charge in [0, 0.05) is 27.6 Å². The summed E-state index contributed by atoms with van der Waals surface area (Å²) in [5, 5.41) is 0. The van der Waals surface area contributed by atoms with E-state index in [0.717, 1.165) is 39.1 Å². The minimum Gasteiger partial charge on any atom is -0.348 e. The molecular formula is C18H31IO3S. The van der Waals surface area contributed by atoms with E-state index in [2.05, 4.69) is 48.6 Å². The lowest BCUT2D eigenvalue weighted by molar-refractivity contribution is -0.171. The normalized spacial score (nSPS) is 33.7. The molecule has 0 N–H and O–H groups in total. The van der Waals surface area contributed by atoms with Crippen LogP contribution in [-0.4, -0.2) is 25.6 Å². The fourth-order valence-corrected chi connectivity index (χ4v) is 4.86. The lowest BCUT2D eigenvalue weighted by Gasteiger charge is -2.46. The molecule has 1 aliphatic heterocycles. The van der Waals surface area contributed by atoms with Crippen LogP contribution >= 0.6 is 30.4 Å². The third-order valence-electron chi connectivity index (χ3n) is 6.00. The number of ether oxygens (including phenoxy) is 2. The van der Waals surface area contributed by atoms with Crippen LogP contribution < -0.4 is 0 Å². The third kappa shape index (κ3) is 5.09. The summed E-state index contributed by atoms with van der Waals surface area (Å²) in [6.45, 7) is 13.3. The van der Waals surface area contributed by atoms with Crippen LogP contribution in [0.2, 0.25) is 0 Å². The molecule has 0 amide bonds. The predicted octanol–water partition coefficient (Wildman–Crippen LogP) is 5.93. The van der Waals surface area contributed by atoms with Gasteiger partial charge in [-0.3, -0.25) is 0 Å². The van der Waals surface area contributed by atoms with Gasteiger partial charge in [0.15, 0.2) is 5.79 Å². The highest BCUT2D eigenvalue weighted by atomic mass is 127. The summed E-state index contributed by atoms with van der Waals surface area (Å²) < 4.78 is 17.6. The topological polar surface area (TPSA) is 27.7 Å². The van der Waals surface area contributed by atoms with Gasteiger partial charge < -0.3 is 13.7 Å². The molecule has 0 aromatic rings. The first-order valence-electron chi connectivity index (χ1n) is 8.78. The molecule has 2 fully saturated rings. The minimum absolute atomic E-state index is 0.270. The maximum absolute atomic E-state index is 5.94. The van der Waals surface area contributed by atoms with E-state index in [0.29, 0.717) is 11.8 Å².